The summed E-state index contributed by atoms with van der Waals surface area (Å²) < 4.78 is 20.4. The molecule has 17 heavy (non-hydrogen) atoms. The number of aliphatic hydroxyl groups is 3. The van der Waals surface area contributed by atoms with Gasteiger partial charge in [0.15, 0.2) is 0 Å². The predicted molar refractivity (Wildman–Crippen MR) is 58.9 cm³/mol. The summed E-state index contributed by atoms with van der Waals surface area (Å²) in [5.74, 6) is 0. The van der Waals surface area contributed by atoms with Gasteiger partial charge in [-0.2, -0.15) is 0 Å². The SMILES string of the molecule is C[N+](C)(C)CC(O)OP(=O)(O)OC[C@H](O)CO. The Labute approximate surface area is 100 Å². The minimum absolute atomic E-state index is 0.0937. The van der Waals surface area contributed by atoms with Crippen molar-refractivity contribution in [3.05, 3.63) is 0 Å². The molecule has 0 heterocycles. The maximum atomic E-state index is 11.3. The standard InChI is InChI=1S/C8H20NO7P/c1-9(2,3)4-8(12)16-17(13,14)15-6-7(11)5-10/h7-8,10-12H,4-6H2,1-3H3/p+1/t7-,8?/m1/s1. The van der Waals surface area contributed by atoms with Crippen molar-refractivity contribution in [1.82, 2.24) is 0 Å². The van der Waals surface area contributed by atoms with Crippen LogP contribution in [0.2, 0.25) is 0 Å². The molecule has 4 N–H and O–H groups in total. The molecular weight excluding hydrogens is 253 g/mol. The van der Waals surface area contributed by atoms with E-state index in [4.69, 9.17) is 10.2 Å². The van der Waals surface area contributed by atoms with E-state index in [1.165, 1.54) is 0 Å². The number of likely N-dealkylation sites (N-methyl/N-ethyl adjacent to an activating group) is 1. The number of rotatable bonds is 8. The van der Waals surface area contributed by atoms with E-state index in [9.17, 15) is 14.6 Å². The molecule has 0 fully saturated rings. The van der Waals surface area contributed by atoms with E-state index in [2.05, 4.69) is 9.05 Å². The number of phosphoric acid groups is 1. The summed E-state index contributed by atoms with van der Waals surface area (Å²) >= 11 is 0. The van der Waals surface area contributed by atoms with Gasteiger partial charge in [-0.3, -0.25) is 9.05 Å². The molecule has 0 rings (SSSR count). The third-order valence-electron chi connectivity index (χ3n) is 1.60. The Hall–Kier alpha value is -0.0500. The summed E-state index contributed by atoms with van der Waals surface area (Å²) in [7, 11) is 0.874. The van der Waals surface area contributed by atoms with Gasteiger partial charge in [0, 0.05) is 0 Å². The van der Waals surface area contributed by atoms with Gasteiger partial charge >= 0.3 is 7.82 Å². The summed E-state index contributed by atoms with van der Waals surface area (Å²) in [5.41, 5.74) is 0. The van der Waals surface area contributed by atoms with Gasteiger partial charge in [-0.1, -0.05) is 0 Å². The van der Waals surface area contributed by atoms with E-state index in [0.717, 1.165) is 0 Å². The van der Waals surface area contributed by atoms with Crippen molar-refractivity contribution >= 4 is 7.82 Å². The van der Waals surface area contributed by atoms with Crippen LogP contribution in [-0.2, 0) is 13.6 Å². The maximum absolute atomic E-state index is 11.3. The number of phosphoric ester groups is 1. The first-order valence-corrected chi connectivity index (χ1v) is 6.48. The largest absolute Gasteiger partial charge is 0.474 e. The second-order valence-electron chi connectivity index (χ2n) is 4.63. The van der Waals surface area contributed by atoms with Crippen LogP contribution in [0.4, 0.5) is 0 Å². The Bertz CT molecular complexity index is 267. The molecule has 0 aromatic heterocycles. The van der Waals surface area contributed by atoms with Crippen LogP contribution in [0.3, 0.4) is 0 Å². The molecule has 0 amide bonds. The molecule has 0 spiro atoms. The van der Waals surface area contributed by atoms with Crippen LogP contribution in [0.1, 0.15) is 0 Å². The van der Waals surface area contributed by atoms with Crippen LogP contribution in [0, 0.1) is 0 Å². The molecule has 0 bridgehead atoms. The third kappa shape index (κ3) is 9.63. The van der Waals surface area contributed by atoms with Crippen molar-refractivity contribution in [3.8, 4) is 0 Å². The quantitative estimate of drug-likeness (QED) is 0.242. The number of aliphatic hydroxyl groups excluding tert-OH is 3. The Balaban J connectivity index is 4.12. The Kier molecular flexibility index (Phi) is 6.75. The molecule has 0 saturated carbocycles. The van der Waals surface area contributed by atoms with Crippen LogP contribution in [0.25, 0.3) is 0 Å². The van der Waals surface area contributed by atoms with E-state index in [0.29, 0.717) is 4.48 Å². The normalized spacial score (nSPS) is 19.7. The summed E-state index contributed by atoms with van der Waals surface area (Å²) in [5, 5.41) is 26.8. The minimum atomic E-state index is -4.43. The molecule has 2 unspecified atom stereocenters. The lowest BCUT2D eigenvalue weighted by Crippen LogP contribution is -2.42. The van der Waals surface area contributed by atoms with Gasteiger partial charge < -0.3 is 24.7 Å². The number of nitrogens with zero attached hydrogens (tertiary/aromatic N) is 1. The van der Waals surface area contributed by atoms with Crippen LogP contribution in [-0.4, -0.2) is 78.0 Å². The average molecular weight is 274 g/mol. The topological polar surface area (TPSA) is 116 Å². The third-order valence-corrected chi connectivity index (χ3v) is 2.58. The van der Waals surface area contributed by atoms with Crippen molar-refractivity contribution in [2.75, 3.05) is 40.9 Å². The zero-order valence-corrected chi connectivity index (χ0v) is 11.1. The smallest absolute Gasteiger partial charge is 0.394 e. The van der Waals surface area contributed by atoms with Crippen LogP contribution in [0.15, 0.2) is 0 Å². The average Bonchev–Trinajstić information content (AvgIpc) is 2.10. The Morgan fingerprint density at radius 2 is 1.82 bits per heavy atom. The summed E-state index contributed by atoms with van der Waals surface area (Å²) in [6.45, 7) is -1.06. The van der Waals surface area contributed by atoms with E-state index >= 15 is 0 Å². The molecule has 9 heteroatoms. The molecule has 8 nitrogen and oxygen atoms in total. The lowest BCUT2D eigenvalue weighted by molar-refractivity contribution is -0.876. The van der Waals surface area contributed by atoms with Crippen molar-refractivity contribution in [2.45, 2.75) is 12.4 Å². The summed E-state index contributed by atoms with van der Waals surface area (Å²) in [4.78, 5) is 9.18. The zero-order valence-electron chi connectivity index (χ0n) is 10.2. The van der Waals surface area contributed by atoms with Crippen molar-refractivity contribution in [3.63, 3.8) is 0 Å². The first-order chi connectivity index (χ1) is 7.56. The van der Waals surface area contributed by atoms with Gasteiger partial charge in [0.05, 0.1) is 34.4 Å². The monoisotopic (exact) mass is 274 g/mol. The second kappa shape index (κ2) is 6.77. The van der Waals surface area contributed by atoms with E-state index in [-0.39, 0.29) is 6.54 Å². The molecule has 0 radical (unpaired) electrons. The molecule has 0 aromatic carbocycles. The van der Waals surface area contributed by atoms with Gasteiger partial charge in [-0.05, 0) is 0 Å². The Morgan fingerprint density at radius 1 is 1.29 bits per heavy atom. The lowest BCUT2D eigenvalue weighted by Gasteiger charge is -2.27. The van der Waals surface area contributed by atoms with Gasteiger partial charge in [-0.25, -0.2) is 4.57 Å². The molecule has 0 aliphatic rings. The lowest BCUT2D eigenvalue weighted by atomic mass is 10.4. The summed E-state index contributed by atoms with van der Waals surface area (Å²) in [6, 6.07) is 0. The van der Waals surface area contributed by atoms with Crippen molar-refractivity contribution in [1.29, 1.82) is 0 Å². The number of hydrogen-bond donors (Lipinski definition) is 4. The first kappa shape index (κ1) is 16.9. The van der Waals surface area contributed by atoms with Gasteiger partial charge in [-0.15, -0.1) is 0 Å². The second-order valence-corrected chi connectivity index (χ2v) is 6.04. The fourth-order valence-electron chi connectivity index (χ4n) is 0.919. The molecular formula is C8H21NO7P+. The summed E-state index contributed by atoms with van der Waals surface area (Å²) in [6.07, 6.45) is -2.73. The number of quaternary nitrogens is 1. The molecule has 0 saturated heterocycles. The molecule has 0 aliphatic carbocycles. The molecule has 3 atom stereocenters. The first-order valence-electron chi connectivity index (χ1n) is 4.99. The molecule has 0 aromatic rings. The van der Waals surface area contributed by atoms with Gasteiger partial charge in [0.2, 0.25) is 6.29 Å². The fourth-order valence-corrected chi connectivity index (χ4v) is 1.71. The van der Waals surface area contributed by atoms with Crippen molar-refractivity contribution in [2.24, 2.45) is 0 Å². The van der Waals surface area contributed by atoms with Crippen LogP contribution in [0.5, 0.6) is 0 Å². The van der Waals surface area contributed by atoms with Crippen LogP contribution < -0.4 is 0 Å². The highest BCUT2D eigenvalue weighted by Gasteiger charge is 2.29. The van der Waals surface area contributed by atoms with E-state index < -0.39 is 33.4 Å². The zero-order chi connectivity index (χ0) is 13.7. The van der Waals surface area contributed by atoms with Gasteiger partial charge in [0.25, 0.3) is 0 Å². The molecule has 0 aliphatic heterocycles. The maximum Gasteiger partial charge on any atom is 0.474 e. The fraction of sp³-hybridized carbons (Fsp3) is 1.00. The van der Waals surface area contributed by atoms with Gasteiger partial charge in [0.1, 0.15) is 12.6 Å². The highest BCUT2D eigenvalue weighted by molar-refractivity contribution is 7.47. The van der Waals surface area contributed by atoms with E-state index in [1.54, 1.807) is 21.1 Å². The van der Waals surface area contributed by atoms with E-state index in [1.807, 2.05) is 0 Å². The Morgan fingerprint density at radius 3 is 2.24 bits per heavy atom. The predicted octanol–water partition coefficient (Wildman–Crippen LogP) is -1.50. The minimum Gasteiger partial charge on any atom is -0.394 e. The highest BCUT2D eigenvalue weighted by Crippen LogP contribution is 2.44. The number of hydrogen-bond acceptors (Lipinski definition) is 6. The van der Waals surface area contributed by atoms with Crippen LogP contribution >= 0.6 is 7.82 Å². The molecule has 104 valence electrons. The van der Waals surface area contributed by atoms with Crippen molar-refractivity contribution < 1.29 is 38.3 Å². The highest BCUT2D eigenvalue weighted by atomic mass is 31.2.